The minimum absolute atomic E-state index is 0.230. The third kappa shape index (κ3) is 14.9. The zero-order valence-corrected chi connectivity index (χ0v) is 19.7. The van der Waals surface area contributed by atoms with E-state index in [1.807, 2.05) is 0 Å². The molecule has 0 aromatic rings. The molecule has 30 heavy (non-hydrogen) atoms. The van der Waals surface area contributed by atoms with Gasteiger partial charge in [0.2, 0.25) is 5.91 Å². The highest BCUT2D eigenvalue weighted by molar-refractivity contribution is 7.99. The number of amides is 1. The van der Waals surface area contributed by atoms with Gasteiger partial charge in [0, 0.05) is 17.4 Å². The Balaban J connectivity index is 4.31. The van der Waals surface area contributed by atoms with Crippen LogP contribution in [0, 0.1) is 5.92 Å². The number of hydrogen-bond acceptors (Lipinski definition) is 4. The van der Waals surface area contributed by atoms with Gasteiger partial charge in [0.15, 0.2) is 0 Å². The van der Waals surface area contributed by atoms with Gasteiger partial charge >= 0.3 is 11.9 Å². The van der Waals surface area contributed by atoms with E-state index in [-0.39, 0.29) is 12.2 Å². The normalized spacial score (nSPS) is 14.0. The van der Waals surface area contributed by atoms with Gasteiger partial charge in [-0.15, -0.1) is 0 Å². The molecule has 0 saturated heterocycles. The first-order chi connectivity index (χ1) is 14.0. The number of nitrogens with one attached hydrogen (secondary N) is 1. The van der Waals surface area contributed by atoms with Gasteiger partial charge in [0.1, 0.15) is 6.04 Å². The average Bonchev–Trinajstić information content (AvgIpc) is 2.62. The number of allylic oxidation sites excluding steroid dienone is 5. The van der Waals surface area contributed by atoms with Crippen LogP contribution in [0.2, 0.25) is 0 Å². The van der Waals surface area contributed by atoms with Gasteiger partial charge in [0.05, 0.1) is 6.42 Å². The SMILES string of the molecule is CC(C)=CCCC(C)=CCCC(C)=CCSC[C@H](NC(=O)[C@@H](C)CC(=O)O)C(=O)O. The van der Waals surface area contributed by atoms with Crippen molar-refractivity contribution in [2.45, 2.75) is 72.8 Å². The summed E-state index contributed by atoms with van der Waals surface area (Å²) in [7, 11) is 0. The molecular weight excluding hydrogens is 402 g/mol. The van der Waals surface area contributed by atoms with Crippen molar-refractivity contribution in [1.29, 1.82) is 0 Å². The molecule has 0 heterocycles. The first kappa shape index (κ1) is 28.0. The van der Waals surface area contributed by atoms with Gasteiger partial charge in [0.25, 0.3) is 0 Å². The van der Waals surface area contributed by atoms with E-state index in [2.05, 4.69) is 51.2 Å². The Morgan fingerprint density at radius 3 is 2.03 bits per heavy atom. The molecule has 0 aliphatic heterocycles. The summed E-state index contributed by atoms with van der Waals surface area (Å²) in [6, 6.07) is -1.03. The maximum absolute atomic E-state index is 11.9. The zero-order chi connectivity index (χ0) is 23.1. The van der Waals surface area contributed by atoms with Crippen LogP contribution in [0.5, 0.6) is 0 Å². The Hall–Kier alpha value is -2.02. The Kier molecular flexibility index (Phi) is 14.7. The van der Waals surface area contributed by atoms with Crippen LogP contribution in [0.1, 0.15) is 66.7 Å². The Morgan fingerprint density at radius 1 is 0.933 bits per heavy atom. The smallest absolute Gasteiger partial charge is 0.327 e. The predicted octanol–water partition coefficient (Wildman–Crippen LogP) is 4.82. The van der Waals surface area contributed by atoms with E-state index >= 15 is 0 Å². The highest BCUT2D eigenvalue weighted by Crippen LogP contribution is 2.13. The van der Waals surface area contributed by atoms with Crippen LogP contribution in [-0.2, 0) is 14.4 Å². The molecule has 0 bridgehead atoms. The number of rotatable bonds is 15. The molecular formula is C23H37NO5S. The number of carbonyl (C=O) groups is 3. The molecule has 0 saturated carbocycles. The maximum Gasteiger partial charge on any atom is 0.327 e. The monoisotopic (exact) mass is 439 g/mol. The molecule has 6 nitrogen and oxygen atoms in total. The van der Waals surface area contributed by atoms with Crippen LogP contribution in [0.4, 0.5) is 0 Å². The van der Waals surface area contributed by atoms with Gasteiger partial charge in [-0.2, -0.15) is 11.8 Å². The lowest BCUT2D eigenvalue weighted by Gasteiger charge is -2.16. The van der Waals surface area contributed by atoms with Gasteiger partial charge in [-0.1, -0.05) is 41.9 Å². The summed E-state index contributed by atoms with van der Waals surface area (Å²) in [5.41, 5.74) is 3.99. The standard InChI is InChI=1S/C23H37NO5S/c1-16(2)8-6-9-17(3)10-7-11-18(4)12-13-30-15-20(23(28)29)24-22(27)19(5)14-21(25)26/h8,10,12,19-20H,6-7,9,11,13-15H2,1-5H3,(H,24,27)(H,25,26)(H,28,29)/t19-,20-/m0/s1. The zero-order valence-electron chi connectivity index (χ0n) is 18.9. The van der Waals surface area contributed by atoms with Gasteiger partial charge in [-0.3, -0.25) is 9.59 Å². The fourth-order valence-electron chi connectivity index (χ4n) is 2.57. The molecule has 0 aliphatic rings. The molecule has 0 aromatic heterocycles. The van der Waals surface area contributed by atoms with Gasteiger partial charge in [-0.25, -0.2) is 4.79 Å². The lowest BCUT2D eigenvalue weighted by Crippen LogP contribution is -2.45. The third-order valence-electron chi connectivity index (χ3n) is 4.50. The number of carboxylic acid groups (broad SMARTS) is 2. The Morgan fingerprint density at radius 2 is 1.50 bits per heavy atom. The van der Waals surface area contributed by atoms with Crippen LogP contribution in [-0.4, -0.2) is 45.6 Å². The second-order valence-electron chi connectivity index (χ2n) is 7.90. The van der Waals surface area contributed by atoms with E-state index in [9.17, 15) is 19.5 Å². The molecule has 0 aliphatic carbocycles. The van der Waals surface area contributed by atoms with Gasteiger partial charge < -0.3 is 15.5 Å². The van der Waals surface area contributed by atoms with Gasteiger partial charge in [-0.05, 0) is 53.4 Å². The van der Waals surface area contributed by atoms with E-state index in [1.165, 1.54) is 35.4 Å². The average molecular weight is 440 g/mol. The number of aliphatic carboxylic acids is 2. The first-order valence-corrected chi connectivity index (χ1v) is 11.5. The van der Waals surface area contributed by atoms with Crippen molar-refractivity contribution in [3.05, 3.63) is 34.9 Å². The van der Waals surface area contributed by atoms with Crippen LogP contribution in [0.25, 0.3) is 0 Å². The van der Waals surface area contributed by atoms with Crippen molar-refractivity contribution in [3.63, 3.8) is 0 Å². The summed E-state index contributed by atoms with van der Waals surface area (Å²) in [6.45, 7) is 9.91. The molecule has 3 N–H and O–H groups in total. The molecule has 0 aromatic carbocycles. The summed E-state index contributed by atoms with van der Waals surface area (Å²) in [5, 5.41) is 20.4. The lowest BCUT2D eigenvalue weighted by molar-refractivity contribution is -0.143. The summed E-state index contributed by atoms with van der Waals surface area (Å²) in [5.74, 6) is -2.63. The summed E-state index contributed by atoms with van der Waals surface area (Å²) < 4.78 is 0. The van der Waals surface area contributed by atoms with Crippen molar-refractivity contribution in [2.75, 3.05) is 11.5 Å². The topological polar surface area (TPSA) is 104 Å². The molecule has 7 heteroatoms. The molecule has 0 spiro atoms. The minimum atomic E-state index is -1.12. The molecule has 0 rings (SSSR count). The summed E-state index contributed by atoms with van der Waals surface area (Å²) >= 11 is 1.43. The van der Waals surface area contributed by atoms with E-state index in [4.69, 9.17) is 5.11 Å². The van der Waals surface area contributed by atoms with E-state index in [1.54, 1.807) is 0 Å². The number of carbonyl (C=O) groups excluding carboxylic acids is 1. The summed E-state index contributed by atoms with van der Waals surface area (Å²) in [6.07, 6.45) is 10.4. The van der Waals surface area contributed by atoms with Crippen LogP contribution in [0.3, 0.4) is 0 Å². The highest BCUT2D eigenvalue weighted by atomic mass is 32.2. The quantitative estimate of drug-likeness (QED) is 0.250. The molecule has 2 atom stereocenters. The number of hydrogen-bond donors (Lipinski definition) is 3. The maximum atomic E-state index is 11.9. The largest absolute Gasteiger partial charge is 0.481 e. The van der Waals surface area contributed by atoms with Crippen LogP contribution in [0.15, 0.2) is 34.9 Å². The van der Waals surface area contributed by atoms with E-state index in [0.717, 1.165) is 25.7 Å². The highest BCUT2D eigenvalue weighted by Gasteiger charge is 2.24. The Labute approximate surface area is 184 Å². The first-order valence-electron chi connectivity index (χ1n) is 10.3. The van der Waals surface area contributed by atoms with Crippen LogP contribution >= 0.6 is 11.8 Å². The number of carboxylic acids is 2. The van der Waals surface area contributed by atoms with Crippen molar-refractivity contribution < 1.29 is 24.6 Å². The second kappa shape index (κ2) is 15.8. The molecule has 0 radical (unpaired) electrons. The molecule has 170 valence electrons. The van der Waals surface area contributed by atoms with Crippen molar-refractivity contribution >= 4 is 29.6 Å². The molecule has 0 fully saturated rings. The lowest BCUT2D eigenvalue weighted by atomic mass is 10.1. The predicted molar refractivity (Wildman–Crippen MR) is 124 cm³/mol. The summed E-state index contributed by atoms with van der Waals surface area (Å²) in [4.78, 5) is 34.0. The third-order valence-corrected chi connectivity index (χ3v) is 5.47. The van der Waals surface area contributed by atoms with Crippen molar-refractivity contribution in [2.24, 2.45) is 5.92 Å². The van der Waals surface area contributed by atoms with E-state index < -0.39 is 29.8 Å². The fraction of sp³-hybridized carbons (Fsp3) is 0.609. The van der Waals surface area contributed by atoms with Crippen molar-refractivity contribution in [3.8, 4) is 0 Å². The fourth-order valence-corrected chi connectivity index (χ4v) is 3.57. The van der Waals surface area contributed by atoms with Crippen molar-refractivity contribution in [1.82, 2.24) is 5.32 Å². The van der Waals surface area contributed by atoms with E-state index in [0.29, 0.717) is 5.75 Å². The van der Waals surface area contributed by atoms with Crippen LogP contribution < -0.4 is 5.32 Å². The number of thioether (sulfide) groups is 1. The minimum Gasteiger partial charge on any atom is -0.481 e. The molecule has 1 amide bonds. The molecule has 0 unspecified atom stereocenters. The second-order valence-corrected chi connectivity index (χ2v) is 8.97. The Bertz CT molecular complexity index is 663.